The number of anilines is 1. The Morgan fingerprint density at radius 1 is 1.10 bits per heavy atom. The lowest BCUT2D eigenvalue weighted by Gasteiger charge is -2.22. The summed E-state index contributed by atoms with van der Waals surface area (Å²) >= 11 is 13.6. The second-order valence-corrected chi connectivity index (χ2v) is 8.69. The van der Waals surface area contributed by atoms with E-state index in [0.717, 1.165) is 5.01 Å². The van der Waals surface area contributed by atoms with Gasteiger partial charge in [-0.05, 0) is 42.3 Å². The first-order valence-electron chi connectivity index (χ1n) is 9.15. The van der Waals surface area contributed by atoms with E-state index in [9.17, 15) is 9.59 Å². The highest BCUT2D eigenvalue weighted by molar-refractivity contribution is 7.15. The Morgan fingerprint density at radius 3 is 2.63 bits per heavy atom. The molecule has 1 unspecified atom stereocenters. The predicted molar refractivity (Wildman–Crippen MR) is 117 cm³/mol. The molecule has 150 valence electrons. The molecule has 0 radical (unpaired) electrons. The maximum Gasteiger partial charge on any atom is 0.297 e. The van der Waals surface area contributed by atoms with Crippen LogP contribution in [0.1, 0.15) is 39.7 Å². The molecule has 2 aromatic heterocycles. The first-order valence-corrected chi connectivity index (χ1v) is 10.7. The zero-order chi connectivity index (χ0) is 21.0. The maximum atomic E-state index is 13.5. The minimum absolute atomic E-state index is 0.00644. The van der Waals surface area contributed by atoms with Gasteiger partial charge in [-0.2, -0.15) is 0 Å². The third-order valence-electron chi connectivity index (χ3n) is 4.96. The van der Waals surface area contributed by atoms with E-state index in [1.54, 1.807) is 36.4 Å². The Balaban J connectivity index is 1.82. The average molecular weight is 458 g/mol. The van der Waals surface area contributed by atoms with Gasteiger partial charge in [0, 0.05) is 10.0 Å². The van der Waals surface area contributed by atoms with Crippen molar-refractivity contribution < 1.29 is 9.21 Å². The van der Waals surface area contributed by atoms with Crippen molar-refractivity contribution in [3.05, 3.63) is 84.6 Å². The van der Waals surface area contributed by atoms with Crippen LogP contribution in [0.25, 0.3) is 11.0 Å². The summed E-state index contributed by atoms with van der Waals surface area (Å²) in [6.07, 6.45) is 0.689. The van der Waals surface area contributed by atoms with Crippen molar-refractivity contribution in [1.82, 2.24) is 10.2 Å². The van der Waals surface area contributed by atoms with Crippen molar-refractivity contribution in [1.29, 1.82) is 0 Å². The van der Waals surface area contributed by atoms with Crippen LogP contribution >= 0.6 is 34.5 Å². The Labute approximate surface area is 184 Å². The molecule has 0 fully saturated rings. The largest absolute Gasteiger partial charge is 0.450 e. The average Bonchev–Trinajstić information content (AvgIpc) is 3.31. The lowest BCUT2D eigenvalue weighted by Crippen LogP contribution is -2.29. The SMILES string of the molecule is CCc1nnc(N2C(=O)c3oc4ccc(Cl)cc4c(=O)c3C2c2cccc(Cl)c2)s1. The summed E-state index contributed by atoms with van der Waals surface area (Å²) in [5.41, 5.74) is 0.909. The zero-order valence-electron chi connectivity index (χ0n) is 15.6. The third-order valence-corrected chi connectivity index (χ3v) is 6.50. The molecule has 1 amide bonds. The van der Waals surface area contributed by atoms with Crippen molar-refractivity contribution >= 4 is 56.5 Å². The number of hydrogen-bond donors (Lipinski definition) is 0. The van der Waals surface area contributed by atoms with Crippen LogP contribution in [0.5, 0.6) is 0 Å². The molecule has 2 aromatic carbocycles. The fourth-order valence-electron chi connectivity index (χ4n) is 3.62. The van der Waals surface area contributed by atoms with Gasteiger partial charge in [0.05, 0.1) is 17.0 Å². The van der Waals surface area contributed by atoms with Crippen LogP contribution in [0.2, 0.25) is 10.0 Å². The number of carbonyl (C=O) groups excluding carboxylic acids is 1. The van der Waals surface area contributed by atoms with E-state index in [-0.39, 0.29) is 16.8 Å². The monoisotopic (exact) mass is 457 g/mol. The van der Waals surface area contributed by atoms with Gasteiger partial charge in [0.1, 0.15) is 10.6 Å². The van der Waals surface area contributed by atoms with Gasteiger partial charge in [-0.1, -0.05) is 53.6 Å². The maximum absolute atomic E-state index is 13.5. The van der Waals surface area contributed by atoms with E-state index >= 15 is 0 Å². The zero-order valence-corrected chi connectivity index (χ0v) is 17.9. The van der Waals surface area contributed by atoms with Gasteiger partial charge in [-0.3, -0.25) is 14.5 Å². The highest BCUT2D eigenvalue weighted by Crippen LogP contribution is 2.42. The van der Waals surface area contributed by atoms with Crippen LogP contribution < -0.4 is 10.3 Å². The third kappa shape index (κ3) is 2.93. The summed E-state index contributed by atoms with van der Waals surface area (Å²) in [6.45, 7) is 1.96. The number of benzene rings is 2. The molecule has 0 aliphatic carbocycles. The van der Waals surface area contributed by atoms with Crippen LogP contribution in [-0.2, 0) is 6.42 Å². The number of aryl methyl sites for hydroxylation is 1. The number of rotatable bonds is 3. The molecule has 9 heteroatoms. The molecular weight excluding hydrogens is 445 g/mol. The first-order chi connectivity index (χ1) is 14.5. The number of halogens is 2. The van der Waals surface area contributed by atoms with Gasteiger partial charge < -0.3 is 4.42 Å². The molecule has 30 heavy (non-hydrogen) atoms. The predicted octanol–water partition coefficient (Wildman–Crippen LogP) is 5.26. The Bertz CT molecular complexity index is 1380. The molecule has 3 heterocycles. The van der Waals surface area contributed by atoms with Gasteiger partial charge in [0.15, 0.2) is 5.43 Å². The fraction of sp³-hybridized carbons (Fsp3) is 0.143. The molecule has 1 atom stereocenters. The number of fused-ring (bicyclic) bond motifs is 2. The summed E-state index contributed by atoms with van der Waals surface area (Å²) in [7, 11) is 0. The standard InChI is InChI=1S/C21H13Cl2N3O3S/c1-2-15-24-25-21(30-15)26-17(10-4-3-5-11(22)8-10)16-18(27)13-9-12(23)6-7-14(13)29-19(16)20(26)28/h3-9,17H,2H2,1H3. The number of amides is 1. The van der Waals surface area contributed by atoms with Gasteiger partial charge in [-0.25, -0.2) is 0 Å². The van der Waals surface area contributed by atoms with E-state index < -0.39 is 11.9 Å². The van der Waals surface area contributed by atoms with Crippen molar-refractivity contribution in [3.8, 4) is 0 Å². The van der Waals surface area contributed by atoms with Crippen LogP contribution in [0, 0.1) is 0 Å². The second-order valence-electron chi connectivity index (χ2n) is 6.78. The van der Waals surface area contributed by atoms with Crippen LogP contribution in [0.4, 0.5) is 5.13 Å². The van der Waals surface area contributed by atoms with Gasteiger partial charge in [-0.15, -0.1) is 10.2 Å². The minimum Gasteiger partial charge on any atom is -0.450 e. The molecule has 0 bridgehead atoms. The van der Waals surface area contributed by atoms with Crippen molar-refractivity contribution in [2.75, 3.05) is 4.90 Å². The molecule has 5 rings (SSSR count). The van der Waals surface area contributed by atoms with E-state index in [1.807, 2.05) is 13.0 Å². The molecule has 4 aromatic rings. The van der Waals surface area contributed by atoms with Crippen LogP contribution in [-0.4, -0.2) is 16.1 Å². The van der Waals surface area contributed by atoms with Crippen molar-refractivity contribution in [2.24, 2.45) is 0 Å². The van der Waals surface area contributed by atoms with E-state index in [2.05, 4.69) is 10.2 Å². The summed E-state index contributed by atoms with van der Waals surface area (Å²) in [6, 6.07) is 11.1. The van der Waals surface area contributed by atoms with E-state index in [1.165, 1.54) is 16.2 Å². The second kappa shape index (κ2) is 7.19. The molecule has 0 saturated heterocycles. The number of aromatic nitrogens is 2. The molecule has 6 nitrogen and oxygen atoms in total. The highest BCUT2D eigenvalue weighted by atomic mass is 35.5. The summed E-state index contributed by atoms with van der Waals surface area (Å²) < 4.78 is 5.89. The molecular formula is C21H13Cl2N3O3S. The lowest BCUT2D eigenvalue weighted by atomic mass is 9.99. The lowest BCUT2D eigenvalue weighted by molar-refractivity contribution is 0.0970. The van der Waals surface area contributed by atoms with Crippen LogP contribution in [0.15, 0.2) is 51.7 Å². The van der Waals surface area contributed by atoms with E-state index in [0.29, 0.717) is 38.1 Å². The van der Waals surface area contributed by atoms with Crippen molar-refractivity contribution in [2.45, 2.75) is 19.4 Å². The van der Waals surface area contributed by atoms with Gasteiger partial charge in [0.2, 0.25) is 10.9 Å². The molecule has 1 aliphatic heterocycles. The van der Waals surface area contributed by atoms with Crippen molar-refractivity contribution in [3.63, 3.8) is 0 Å². The minimum atomic E-state index is -0.733. The normalized spacial score (nSPS) is 15.8. The van der Waals surface area contributed by atoms with Crippen LogP contribution in [0.3, 0.4) is 0 Å². The van der Waals surface area contributed by atoms with Gasteiger partial charge in [0.25, 0.3) is 5.91 Å². The molecule has 0 saturated carbocycles. The molecule has 0 N–H and O–H groups in total. The summed E-state index contributed by atoms with van der Waals surface area (Å²) in [4.78, 5) is 28.3. The number of carbonyl (C=O) groups is 1. The smallest absolute Gasteiger partial charge is 0.297 e. The Morgan fingerprint density at radius 2 is 1.90 bits per heavy atom. The topological polar surface area (TPSA) is 76.3 Å². The molecule has 0 spiro atoms. The summed E-state index contributed by atoms with van der Waals surface area (Å²) in [5.74, 6) is -0.448. The summed E-state index contributed by atoms with van der Waals surface area (Å²) in [5, 5.41) is 10.7. The van der Waals surface area contributed by atoms with Gasteiger partial charge >= 0.3 is 0 Å². The fourth-order valence-corrected chi connectivity index (χ4v) is 4.80. The highest BCUT2D eigenvalue weighted by Gasteiger charge is 2.45. The quantitative estimate of drug-likeness (QED) is 0.419. The van der Waals surface area contributed by atoms with E-state index in [4.69, 9.17) is 27.6 Å². The molecule has 1 aliphatic rings. The number of hydrogen-bond acceptors (Lipinski definition) is 6. The Kier molecular flexibility index (Phi) is 4.61. The Hall–Kier alpha value is -2.74. The number of nitrogens with zero attached hydrogens (tertiary/aromatic N) is 3. The first kappa shape index (κ1) is 19.2.